The minimum atomic E-state index is -0.262. The van der Waals surface area contributed by atoms with Crippen LogP contribution in [0.15, 0.2) is 24.3 Å². The molecule has 2 saturated heterocycles. The average Bonchev–Trinajstić information content (AvgIpc) is 3.06. The van der Waals surface area contributed by atoms with E-state index in [2.05, 4.69) is 21.5 Å². The summed E-state index contributed by atoms with van der Waals surface area (Å²) in [5, 5.41) is 6.46. The second-order valence-corrected chi connectivity index (χ2v) is 6.45. The molecule has 0 aliphatic carbocycles. The first kappa shape index (κ1) is 16.4. The number of amides is 1. The Morgan fingerprint density at radius 1 is 1.26 bits per heavy atom. The maximum Gasteiger partial charge on any atom is 0.226 e. The van der Waals surface area contributed by atoms with Gasteiger partial charge in [0.1, 0.15) is 5.82 Å². The number of halogens is 1. The van der Waals surface area contributed by atoms with E-state index in [9.17, 15) is 9.18 Å². The lowest BCUT2D eigenvalue weighted by molar-refractivity contribution is -0.125. The van der Waals surface area contributed by atoms with E-state index in [0.29, 0.717) is 12.5 Å². The van der Waals surface area contributed by atoms with E-state index in [-0.39, 0.29) is 23.7 Å². The van der Waals surface area contributed by atoms with Crippen molar-refractivity contribution in [2.24, 2.45) is 11.8 Å². The number of carbonyl (C=O) groups excluding carboxylic acids is 1. The van der Waals surface area contributed by atoms with Crippen LogP contribution in [0.25, 0.3) is 0 Å². The van der Waals surface area contributed by atoms with Crippen molar-refractivity contribution in [3.05, 3.63) is 35.6 Å². The molecule has 23 heavy (non-hydrogen) atoms. The van der Waals surface area contributed by atoms with Crippen molar-refractivity contribution >= 4 is 5.91 Å². The van der Waals surface area contributed by atoms with Crippen LogP contribution in [0.3, 0.4) is 0 Å². The topological polar surface area (TPSA) is 65.2 Å². The number of hydrazine groups is 1. The Morgan fingerprint density at radius 3 is 2.83 bits per heavy atom. The highest BCUT2D eigenvalue weighted by atomic mass is 19.1. The van der Waals surface area contributed by atoms with Crippen LogP contribution in [0, 0.1) is 17.7 Å². The largest absolute Gasteiger partial charge is 0.356 e. The Kier molecular flexibility index (Phi) is 5.59. The van der Waals surface area contributed by atoms with Crippen molar-refractivity contribution in [2.75, 3.05) is 26.2 Å². The smallest absolute Gasteiger partial charge is 0.226 e. The molecule has 0 radical (unpaired) electrons. The van der Waals surface area contributed by atoms with Crippen molar-refractivity contribution in [1.29, 1.82) is 0 Å². The summed E-state index contributed by atoms with van der Waals surface area (Å²) in [6.45, 7) is 3.47. The van der Waals surface area contributed by atoms with E-state index in [1.807, 2.05) is 0 Å². The second-order valence-electron chi connectivity index (χ2n) is 6.45. The number of nitrogens with one attached hydrogen (secondary N) is 4. The second kappa shape index (κ2) is 7.86. The molecule has 0 aromatic heterocycles. The summed E-state index contributed by atoms with van der Waals surface area (Å²) in [5.74, 6) is 0.282. The van der Waals surface area contributed by atoms with Gasteiger partial charge in [0.15, 0.2) is 0 Å². The van der Waals surface area contributed by atoms with Gasteiger partial charge in [0.2, 0.25) is 5.91 Å². The van der Waals surface area contributed by atoms with E-state index < -0.39 is 0 Å². The number of rotatable bonds is 5. The molecule has 2 aliphatic heterocycles. The summed E-state index contributed by atoms with van der Waals surface area (Å²) in [6, 6.07) is 6.20. The first-order valence-corrected chi connectivity index (χ1v) is 8.46. The fraction of sp³-hybridized carbons (Fsp3) is 0.588. The van der Waals surface area contributed by atoms with Crippen LogP contribution in [0.5, 0.6) is 0 Å². The van der Waals surface area contributed by atoms with Gasteiger partial charge in [-0.1, -0.05) is 12.1 Å². The lowest BCUT2D eigenvalue weighted by atomic mass is 9.93. The maximum absolute atomic E-state index is 13.1. The van der Waals surface area contributed by atoms with Crippen LogP contribution in [0.1, 0.15) is 30.9 Å². The molecule has 6 heteroatoms. The third-order valence-corrected chi connectivity index (χ3v) is 4.80. The molecule has 0 bridgehead atoms. The van der Waals surface area contributed by atoms with E-state index in [1.165, 1.54) is 25.0 Å². The number of piperidine rings is 1. The SMILES string of the molecule is O=C(NCCC1CCCNC1)C1CNNC1c1ccc(F)cc1. The highest BCUT2D eigenvalue weighted by molar-refractivity contribution is 5.80. The van der Waals surface area contributed by atoms with Crippen molar-refractivity contribution in [3.63, 3.8) is 0 Å². The van der Waals surface area contributed by atoms with Gasteiger partial charge in [-0.05, 0) is 56.0 Å². The summed E-state index contributed by atoms with van der Waals surface area (Å²) in [5.41, 5.74) is 7.09. The fourth-order valence-corrected chi connectivity index (χ4v) is 3.43. The van der Waals surface area contributed by atoms with Crippen LogP contribution in [-0.2, 0) is 4.79 Å². The molecule has 2 aliphatic rings. The predicted octanol–water partition coefficient (Wildman–Crippen LogP) is 1.10. The Balaban J connectivity index is 1.50. The Morgan fingerprint density at radius 2 is 2.09 bits per heavy atom. The van der Waals surface area contributed by atoms with Crippen molar-refractivity contribution in [2.45, 2.75) is 25.3 Å². The van der Waals surface area contributed by atoms with E-state index in [0.717, 1.165) is 31.6 Å². The zero-order valence-electron chi connectivity index (χ0n) is 13.3. The van der Waals surface area contributed by atoms with Crippen LogP contribution in [-0.4, -0.2) is 32.1 Å². The van der Waals surface area contributed by atoms with Crippen molar-refractivity contribution in [3.8, 4) is 0 Å². The molecule has 3 atom stereocenters. The van der Waals surface area contributed by atoms with Crippen LogP contribution in [0.4, 0.5) is 4.39 Å². The Hall–Kier alpha value is -1.50. The van der Waals surface area contributed by atoms with Crippen molar-refractivity contribution < 1.29 is 9.18 Å². The van der Waals surface area contributed by atoms with Gasteiger partial charge in [-0.2, -0.15) is 0 Å². The Labute approximate surface area is 136 Å². The molecule has 126 valence electrons. The van der Waals surface area contributed by atoms with Gasteiger partial charge >= 0.3 is 0 Å². The van der Waals surface area contributed by atoms with E-state index in [4.69, 9.17) is 0 Å². The molecule has 0 saturated carbocycles. The zero-order chi connectivity index (χ0) is 16.1. The summed E-state index contributed by atoms with van der Waals surface area (Å²) in [4.78, 5) is 12.5. The molecule has 1 amide bonds. The third kappa shape index (κ3) is 4.28. The normalized spacial score (nSPS) is 27.8. The number of benzene rings is 1. The Bertz CT molecular complexity index is 516. The molecule has 3 unspecified atom stereocenters. The highest BCUT2D eigenvalue weighted by Gasteiger charge is 2.33. The summed E-state index contributed by atoms with van der Waals surface area (Å²) in [6.07, 6.45) is 3.49. The van der Waals surface area contributed by atoms with Gasteiger partial charge in [-0.3, -0.25) is 10.2 Å². The number of hydrogen-bond donors (Lipinski definition) is 4. The van der Waals surface area contributed by atoms with Gasteiger partial charge in [-0.15, -0.1) is 0 Å². The quantitative estimate of drug-likeness (QED) is 0.656. The molecule has 4 N–H and O–H groups in total. The molecule has 1 aromatic carbocycles. The molecule has 1 aromatic rings. The van der Waals surface area contributed by atoms with E-state index >= 15 is 0 Å². The molecule has 0 spiro atoms. The van der Waals surface area contributed by atoms with Gasteiger partial charge in [0, 0.05) is 13.1 Å². The van der Waals surface area contributed by atoms with Crippen LogP contribution < -0.4 is 21.5 Å². The average molecular weight is 320 g/mol. The molecular weight excluding hydrogens is 295 g/mol. The van der Waals surface area contributed by atoms with Crippen LogP contribution >= 0.6 is 0 Å². The van der Waals surface area contributed by atoms with Gasteiger partial charge in [0.05, 0.1) is 12.0 Å². The lowest BCUT2D eigenvalue weighted by Crippen LogP contribution is -2.37. The van der Waals surface area contributed by atoms with Gasteiger partial charge < -0.3 is 10.6 Å². The molecular formula is C17H25FN4O. The molecule has 3 rings (SSSR count). The minimum absolute atomic E-state index is 0.0561. The first-order chi connectivity index (χ1) is 11.2. The van der Waals surface area contributed by atoms with Crippen molar-refractivity contribution in [1.82, 2.24) is 21.5 Å². The number of hydrogen-bond acceptors (Lipinski definition) is 4. The minimum Gasteiger partial charge on any atom is -0.356 e. The molecule has 2 heterocycles. The number of carbonyl (C=O) groups is 1. The molecule has 2 fully saturated rings. The van der Waals surface area contributed by atoms with Crippen LogP contribution in [0.2, 0.25) is 0 Å². The monoisotopic (exact) mass is 320 g/mol. The first-order valence-electron chi connectivity index (χ1n) is 8.46. The van der Waals surface area contributed by atoms with Gasteiger partial charge in [0.25, 0.3) is 0 Å². The summed E-state index contributed by atoms with van der Waals surface area (Å²) in [7, 11) is 0. The third-order valence-electron chi connectivity index (χ3n) is 4.80. The predicted molar refractivity (Wildman–Crippen MR) is 87.0 cm³/mol. The standard InChI is InChI=1S/C17H25FN4O/c18-14-5-3-13(4-6-14)16-15(11-21-22-16)17(23)20-9-7-12-2-1-8-19-10-12/h3-6,12,15-16,19,21-22H,1-2,7-11H2,(H,20,23). The molecule has 5 nitrogen and oxygen atoms in total. The lowest BCUT2D eigenvalue weighted by Gasteiger charge is -2.23. The van der Waals surface area contributed by atoms with Gasteiger partial charge in [-0.25, -0.2) is 9.82 Å². The fourth-order valence-electron chi connectivity index (χ4n) is 3.43. The highest BCUT2D eigenvalue weighted by Crippen LogP contribution is 2.25. The summed E-state index contributed by atoms with van der Waals surface area (Å²) < 4.78 is 13.1. The maximum atomic E-state index is 13.1. The summed E-state index contributed by atoms with van der Waals surface area (Å²) >= 11 is 0. The van der Waals surface area contributed by atoms with E-state index in [1.54, 1.807) is 12.1 Å². The zero-order valence-corrected chi connectivity index (χ0v) is 13.3.